The van der Waals surface area contributed by atoms with Gasteiger partial charge in [-0.2, -0.15) is 10.5 Å². The summed E-state index contributed by atoms with van der Waals surface area (Å²) in [6.45, 7) is 2.58. The van der Waals surface area contributed by atoms with Crippen LogP contribution in [-0.2, 0) is 9.53 Å². The van der Waals surface area contributed by atoms with Crippen LogP contribution in [0.4, 0.5) is 0 Å². The van der Waals surface area contributed by atoms with Crippen molar-refractivity contribution >= 4 is 22.7 Å². The minimum Gasteiger partial charge on any atom is -0.491 e. The van der Waals surface area contributed by atoms with Gasteiger partial charge >= 0.3 is 0 Å². The first kappa shape index (κ1) is 23.6. The Labute approximate surface area is 192 Å². The van der Waals surface area contributed by atoms with Gasteiger partial charge in [0.2, 0.25) is 5.91 Å². The summed E-state index contributed by atoms with van der Waals surface area (Å²) in [6, 6.07) is 12.1. The molecule has 8 nitrogen and oxygen atoms in total. The number of benzene rings is 1. The Morgan fingerprint density at radius 2 is 1.97 bits per heavy atom. The standard InChI is InChI=1S/C23H27N5O3S/c1-26-20(29)15-32-23-19(14-25)21(16-5-7-17(8-6-16)31-12-11-30-2)18(13-24)22(27-23)28-9-3-4-10-28/h5-8,19,21H,3-4,9-12,15H2,1-2H3,(H,26,29). The normalized spacial score (nSPS) is 20.4. The zero-order valence-corrected chi connectivity index (χ0v) is 19.2. The van der Waals surface area contributed by atoms with Crippen LogP contribution in [0.1, 0.15) is 24.3 Å². The summed E-state index contributed by atoms with van der Waals surface area (Å²) in [7, 11) is 3.20. The van der Waals surface area contributed by atoms with E-state index in [4.69, 9.17) is 14.5 Å². The zero-order chi connectivity index (χ0) is 22.9. The number of ether oxygens (including phenoxy) is 2. The predicted octanol–water partition coefficient (Wildman–Crippen LogP) is 2.66. The second-order valence-electron chi connectivity index (χ2n) is 7.45. The van der Waals surface area contributed by atoms with Crippen LogP contribution in [0, 0.1) is 28.6 Å². The average molecular weight is 454 g/mol. The summed E-state index contributed by atoms with van der Waals surface area (Å²) in [5, 5.41) is 23.3. The number of rotatable bonds is 8. The number of hydrogen-bond donors (Lipinski definition) is 1. The molecule has 168 valence electrons. The van der Waals surface area contributed by atoms with E-state index < -0.39 is 11.8 Å². The molecule has 2 atom stereocenters. The summed E-state index contributed by atoms with van der Waals surface area (Å²) in [5.74, 6) is 0.244. The Kier molecular flexibility index (Phi) is 8.55. The molecule has 0 aromatic heterocycles. The molecule has 1 saturated heterocycles. The molecular formula is C23H27N5O3S. The quantitative estimate of drug-likeness (QED) is 0.603. The van der Waals surface area contributed by atoms with Gasteiger partial charge in [-0.1, -0.05) is 23.9 Å². The Hall–Kier alpha value is -3.01. The fourth-order valence-corrected chi connectivity index (χ4v) is 4.75. The summed E-state index contributed by atoms with van der Waals surface area (Å²) < 4.78 is 10.7. The molecule has 2 aliphatic heterocycles. The first-order chi connectivity index (χ1) is 15.6. The van der Waals surface area contributed by atoms with Crippen LogP contribution in [0.3, 0.4) is 0 Å². The summed E-state index contributed by atoms with van der Waals surface area (Å²) in [5.41, 5.74) is 1.34. The van der Waals surface area contributed by atoms with Gasteiger partial charge in [-0.15, -0.1) is 0 Å². The van der Waals surface area contributed by atoms with Crippen molar-refractivity contribution in [1.82, 2.24) is 10.2 Å². The average Bonchev–Trinajstić information content (AvgIpc) is 3.37. The van der Waals surface area contributed by atoms with Crippen LogP contribution in [0.25, 0.3) is 0 Å². The van der Waals surface area contributed by atoms with Gasteiger partial charge in [0.15, 0.2) is 0 Å². The number of nitriles is 2. The van der Waals surface area contributed by atoms with E-state index in [2.05, 4.69) is 22.4 Å². The third kappa shape index (κ3) is 5.42. The fourth-order valence-electron chi connectivity index (χ4n) is 3.81. The van der Waals surface area contributed by atoms with Crippen LogP contribution in [-0.4, -0.2) is 62.1 Å². The van der Waals surface area contributed by atoms with Crippen LogP contribution in [0.5, 0.6) is 5.75 Å². The van der Waals surface area contributed by atoms with E-state index in [1.54, 1.807) is 14.2 Å². The van der Waals surface area contributed by atoms with Crippen LogP contribution >= 0.6 is 11.8 Å². The van der Waals surface area contributed by atoms with Crippen molar-refractivity contribution in [3.8, 4) is 17.9 Å². The second-order valence-corrected chi connectivity index (χ2v) is 8.45. The molecule has 9 heteroatoms. The number of likely N-dealkylation sites (tertiary alicyclic amines) is 1. The molecule has 0 radical (unpaired) electrons. The van der Waals surface area contributed by atoms with Crippen molar-refractivity contribution in [2.24, 2.45) is 10.9 Å². The lowest BCUT2D eigenvalue weighted by molar-refractivity contribution is -0.118. The first-order valence-electron chi connectivity index (χ1n) is 10.6. The lowest BCUT2D eigenvalue weighted by Gasteiger charge is -2.32. The van der Waals surface area contributed by atoms with Crippen LogP contribution in [0.2, 0.25) is 0 Å². The number of allylic oxidation sites excluding steroid dienone is 1. The topological polar surface area (TPSA) is 111 Å². The molecule has 1 N–H and O–H groups in total. The highest BCUT2D eigenvalue weighted by molar-refractivity contribution is 8.14. The van der Waals surface area contributed by atoms with Gasteiger partial charge < -0.3 is 19.7 Å². The van der Waals surface area contributed by atoms with Gasteiger partial charge in [-0.25, -0.2) is 4.99 Å². The lowest BCUT2D eigenvalue weighted by Crippen LogP contribution is -2.31. The smallest absolute Gasteiger partial charge is 0.230 e. The monoisotopic (exact) mass is 453 g/mol. The van der Waals surface area contributed by atoms with Crippen molar-refractivity contribution in [1.29, 1.82) is 10.5 Å². The van der Waals surface area contributed by atoms with Crippen molar-refractivity contribution in [3.63, 3.8) is 0 Å². The number of methoxy groups -OCH3 is 1. The number of thioether (sulfide) groups is 1. The first-order valence-corrected chi connectivity index (χ1v) is 11.5. The van der Waals surface area contributed by atoms with Gasteiger partial charge in [0.25, 0.3) is 0 Å². The second kappa shape index (κ2) is 11.6. The van der Waals surface area contributed by atoms with Crippen LogP contribution < -0.4 is 10.1 Å². The number of hydrogen-bond acceptors (Lipinski definition) is 8. The Bertz CT molecular complexity index is 955. The van der Waals surface area contributed by atoms with Gasteiger partial charge in [-0.3, -0.25) is 4.79 Å². The Balaban J connectivity index is 1.97. The molecule has 2 aliphatic rings. The van der Waals surface area contributed by atoms with E-state index in [0.29, 0.717) is 35.4 Å². The molecule has 0 spiro atoms. The summed E-state index contributed by atoms with van der Waals surface area (Å²) in [6.07, 6.45) is 2.08. The van der Waals surface area contributed by atoms with Gasteiger partial charge in [0.05, 0.1) is 35.1 Å². The van der Waals surface area contributed by atoms with Crippen molar-refractivity contribution < 1.29 is 14.3 Å². The number of carbonyl (C=O) groups excluding carboxylic acids is 1. The van der Waals surface area contributed by atoms with Crippen molar-refractivity contribution in [3.05, 3.63) is 41.2 Å². The van der Waals surface area contributed by atoms with E-state index in [1.165, 1.54) is 11.8 Å². The molecule has 0 aliphatic carbocycles. The molecule has 1 fully saturated rings. The fraction of sp³-hybridized carbons (Fsp3) is 0.478. The largest absolute Gasteiger partial charge is 0.491 e. The highest BCUT2D eigenvalue weighted by Gasteiger charge is 2.39. The van der Waals surface area contributed by atoms with Gasteiger partial charge in [0, 0.05) is 33.2 Å². The number of amides is 1. The van der Waals surface area contributed by atoms with E-state index >= 15 is 0 Å². The number of nitrogens with one attached hydrogen (secondary N) is 1. The highest BCUT2D eigenvalue weighted by atomic mass is 32.2. The van der Waals surface area contributed by atoms with Crippen molar-refractivity contribution in [2.45, 2.75) is 18.8 Å². The summed E-state index contributed by atoms with van der Waals surface area (Å²) >= 11 is 1.26. The molecule has 2 heterocycles. The third-order valence-corrected chi connectivity index (χ3v) is 6.51. The lowest BCUT2D eigenvalue weighted by atomic mass is 9.80. The van der Waals surface area contributed by atoms with Gasteiger partial charge in [-0.05, 0) is 30.5 Å². The molecule has 32 heavy (non-hydrogen) atoms. The predicted molar refractivity (Wildman–Crippen MR) is 123 cm³/mol. The molecule has 1 aromatic carbocycles. The molecule has 3 rings (SSSR count). The number of carbonyl (C=O) groups is 1. The van der Waals surface area contributed by atoms with Crippen LogP contribution in [0.15, 0.2) is 40.7 Å². The zero-order valence-electron chi connectivity index (χ0n) is 18.3. The Morgan fingerprint density at radius 1 is 1.25 bits per heavy atom. The molecule has 1 amide bonds. The SMILES string of the molecule is CNC(=O)CSC1=NC(N2CCCC2)=C(C#N)C(c2ccc(OCCOC)cc2)C1C#N. The molecule has 0 saturated carbocycles. The molecular weight excluding hydrogens is 426 g/mol. The molecule has 2 unspecified atom stereocenters. The molecule has 1 aromatic rings. The minimum absolute atomic E-state index is 0.138. The maximum atomic E-state index is 11.8. The van der Waals surface area contributed by atoms with Gasteiger partial charge in [0.1, 0.15) is 24.1 Å². The van der Waals surface area contributed by atoms with E-state index in [1.807, 2.05) is 24.3 Å². The Morgan fingerprint density at radius 3 is 2.56 bits per heavy atom. The van der Waals surface area contributed by atoms with E-state index in [0.717, 1.165) is 31.5 Å². The number of aliphatic imine (C=N–C) groups is 1. The molecule has 0 bridgehead atoms. The maximum Gasteiger partial charge on any atom is 0.230 e. The minimum atomic E-state index is -0.647. The highest BCUT2D eigenvalue weighted by Crippen LogP contribution is 2.42. The summed E-state index contributed by atoms with van der Waals surface area (Å²) in [4.78, 5) is 18.7. The number of nitrogens with zero attached hydrogens (tertiary/aromatic N) is 4. The van der Waals surface area contributed by atoms with E-state index in [-0.39, 0.29) is 11.7 Å². The van der Waals surface area contributed by atoms with E-state index in [9.17, 15) is 15.3 Å². The van der Waals surface area contributed by atoms with Crippen molar-refractivity contribution in [2.75, 3.05) is 46.2 Å². The maximum absolute atomic E-state index is 11.8. The third-order valence-electron chi connectivity index (χ3n) is 5.46.